The van der Waals surface area contributed by atoms with Crippen LogP contribution in [0.15, 0.2) is 30.3 Å². The summed E-state index contributed by atoms with van der Waals surface area (Å²) in [6.45, 7) is 0. The van der Waals surface area contributed by atoms with Crippen LogP contribution in [0.2, 0.25) is 0 Å². The van der Waals surface area contributed by atoms with Crippen molar-refractivity contribution >= 4 is 15.4 Å². The van der Waals surface area contributed by atoms with Crippen molar-refractivity contribution in [3.63, 3.8) is 0 Å². The van der Waals surface area contributed by atoms with Crippen molar-refractivity contribution in [3.8, 4) is 0 Å². The number of halogens is 2. The number of carbonyl (C=O) groups is 1. The first-order valence-electron chi connectivity index (χ1n) is 3.11. The molecule has 60 valence electrons. The van der Waals surface area contributed by atoms with E-state index in [1.165, 1.54) is 0 Å². The number of alkyl halides is 1. The predicted octanol–water partition coefficient (Wildman–Crippen LogP) is -1.29. The number of hydrogen-bond donors (Lipinski definition) is 0. The van der Waals surface area contributed by atoms with Gasteiger partial charge in [0.15, 0.2) is 0 Å². The Morgan fingerprint density at radius 3 is 2.55 bits per heavy atom. The van der Waals surface area contributed by atoms with Crippen LogP contribution in [0.25, 0.3) is 0 Å². The van der Waals surface area contributed by atoms with Crippen molar-refractivity contribution in [3.05, 3.63) is 33.9 Å². The number of rotatable bonds is 3. The van der Waals surface area contributed by atoms with E-state index in [1.807, 2.05) is 30.3 Å². The van der Waals surface area contributed by atoms with Gasteiger partial charge in [0.1, 0.15) is 0 Å². The van der Waals surface area contributed by atoms with E-state index in [0.717, 1.165) is 3.57 Å². The summed E-state index contributed by atoms with van der Waals surface area (Å²) in [5, 5.41) is 0. The van der Waals surface area contributed by atoms with E-state index in [4.69, 9.17) is 11.6 Å². The van der Waals surface area contributed by atoms with Gasteiger partial charge >= 0.3 is 81.2 Å². The van der Waals surface area contributed by atoms with Gasteiger partial charge in [-0.3, -0.25) is 0 Å². The third-order valence-electron chi connectivity index (χ3n) is 1.05. The summed E-state index contributed by atoms with van der Waals surface area (Å²) in [7, 11) is 0. The van der Waals surface area contributed by atoms with Crippen LogP contribution in [0.3, 0.4) is 0 Å². The Hall–Kier alpha value is -0.0900. The molecule has 1 nitrogen and oxygen atoms in total. The summed E-state index contributed by atoms with van der Waals surface area (Å²) >= 11 is 4.87. The van der Waals surface area contributed by atoms with Gasteiger partial charge in [-0.1, -0.05) is 0 Å². The first-order valence-corrected chi connectivity index (χ1v) is 5.81. The molecule has 0 spiro atoms. The van der Waals surface area contributed by atoms with Gasteiger partial charge in [-0.25, -0.2) is 0 Å². The molecular weight excluding hydrogens is 274 g/mol. The Kier molecular flexibility index (Phi) is 3.86. The van der Waals surface area contributed by atoms with Gasteiger partial charge in [0.05, 0.1) is 0 Å². The molecule has 0 bridgehead atoms. The molecule has 11 heavy (non-hydrogen) atoms. The fraction of sp³-hybridized carbons (Fsp3) is 0.125. The Bertz CT molecular complexity index is 235. The molecule has 3 heteroatoms. The molecule has 0 aliphatic rings. The van der Waals surface area contributed by atoms with Crippen LogP contribution >= 0.6 is 11.6 Å². The fourth-order valence-corrected chi connectivity index (χ4v) is 2.58. The van der Waals surface area contributed by atoms with Gasteiger partial charge in [0.2, 0.25) is 0 Å². The van der Waals surface area contributed by atoms with Crippen molar-refractivity contribution in [1.29, 1.82) is 0 Å². The molecule has 0 aliphatic carbocycles. The summed E-state index contributed by atoms with van der Waals surface area (Å²) in [6, 6.07) is 9.76. The number of carbonyl (C=O) groups excluding carboxylic acids is 1. The van der Waals surface area contributed by atoms with Crippen LogP contribution in [0, 0.1) is 3.57 Å². The molecule has 0 aliphatic heterocycles. The molecule has 0 radical (unpaired) electrons. The van der Waals surface area contributed by atoms with Gasteiger partial charge in [0, 0.05) is 0 Å². The second-order valence-electron chi connectivity index (χ2n) is 1.88. The Morgan fingerprint density at radius 2 is 2.00 bits per heavy atom. The number of hydrogen-bond acceptors (Lipinski definition) is 1. The first-order chi connectivity index (χ1) is 5.33. The summed E-state index contributed by atoms with van der Waals surface area (Å²) in [4.78, 5) is 10.9. The van der Waals surface area contributed by atoms with Crippen LogP contribution in [0.4, 0.5) is 0 Å². The average Bonchev–Trinajstić information content (AvgIpc) is 2.06. The van der Waals surface area contributed by atoms with Crippen molar-refractivity contribution in [2.24, 2.45) is 0 Å². The summed E-state index contributed by atoms with van der Waals surface area (Å²) < 4.78 is 1.31. The summed E-state index contributed by atoms with van der Waals surface area (Å²) in [6.07, 6.45) is 0. The summed E-state index contributed by atoms with van der Waals surface area (Å²) in [5.41, 5.74) is 0. The van der Waals surface area contributed by atoms with E-state index in [9.17, 15) is 4.79 Å². The Morgan fingerprint density at radius 1 is 1.36 bits per heavy atom. The minimum atomic E-state index is -0.507. The molecule has 0 fully saturated rings. The molecule has 0 saturated heterocycles. The normalized spacial score (nSPS) is 9.91. The zero-order chi connectivity index (χ0) is 8.10. The quantitative estimate of drug-likeness (QED) is 0.383. The third-order valence-corrected chi connectivity index (χ3v) is 4.07. The van der Waals surface area contributed by atoms with Gasteiger partial charge < -0.3 is 0 Å². The molecule has 0 atom stereocenters. The third kappa shape index (κ3) is 3.20. The average molecular weight is 282 g/mol. The van der Waals surface area contributed by atoms with E-state index in [2.05, 4.69) is 0 Å². The molecule has 0 unspecified atom stereocenters. The molecule has 0 N–H and O–H groups in total. The maximum atomic E-state index is 10.9. The summed E-state index contributed by atoms with van der Waals surface area (Å²) in [5.74, 6) is 0.155. The van der Waals surface area contributed by atoms with E-state index < -0.39 is 21.2 Å². The topological polar surface area (TPSA) is 17.1 Å². The van der Waals surface area contributed by atoms with E-state index in [1.54, 1.807) is 0 Å². The Labute approximate surface area is 81.0 Å². The zero-order valence-corrected chi connectivity index (χ0v) is 8.67. The molecule has 1 aromatic carbocycles. The van der Waals surface area contributed by atoms with Gasteiger partial charge in [-0.05, 0) is 0 Å². The van der Waals surface area contributed by atoms with Crippen LogP contribution in [-0.2, 0) is 4.79 Å². The van der Waals surface area contributed by atoms with Crippen LogP contribution in [0.1, 0.15) is 0 Å². The SMILES string of the molecule is O=C(CCl)[I-]c1ccccc1. The molecule has 1 aromatic rings. The predicted molar refractivity (Wildman–Crippen MR) is 40.9 cm³/mol. The van der Waals surface area contributed by atoms with E-state index >= 15 is 0 Å². The second-order valence-corrected chi connectivity index (χ2v) is 5.13. The first kappa shape index (κ1) is 9.00. The molecule has 0 saturated carbocycles. The second kappa shape index (κ2) is 4.72. The molecular formula is C8H7ClIO-. The molecule has 0 amide bonds. The molecule has 0 aromatic heterocycles. The number of benzene rings is 1. The zero-order valence-electron chi connectivity index (χ0n) is 5.76. The molecule has 0 heterocycles. The van der Waals surface area contributed by atoms with Gasteiger partial charge in [0.25, 0.3) is 0 Å². The van der Waals surface area contributed by atoms with Crippen LogP contribution < -0.4 is 21.2 Å². The standard InChI is InChI=1S/C8H7ClIO/c9-6-8(11)10-7-4-2-1-3-5-7/h1-5H,6H2/q-1. The minimum absolute atomic E-state index is 0.155. The van der Waals surface area contributed by atoms with Crippen molar-refractivity contribution in [1.82, 2.24) is 0 Å². The van der Waals surface area contributed by atoms with Crippen molar-refractivity contribution in [2.45, 2.75) is 0 Å². The fourth-order valence-electron chi connectivity index (χ4n) is 0.625. The van der Waals surface area contributed by atoms with Crippen LogP contribution in [0.5, 0.6) is 0 Å². The van der Waals surface area contributed by atoms with E-state index in [0.29, 0.717) is 0 Å². The van der Waals surface area contributed by atoms with Crippen molar-refractivity contribution in [2.75, 3.05) is 5.88 Å². The van der Waals surface area contributed by atoms with Gasteiger partial charge in [-0.15, -0.1) is 0 Å². The Balaban J connectivity index is 2.58. The van der Waals surface area contributed by atoms with Crippen LogP contribution in [-0.4, -0.2) is 9.67 Å². The van der Waals surface area contributed by atoms with E-state index in [-0.39, 0.29) is 9.67 Å². The monoisotopic (exact) mass is 281 g/mol. The maximum absolute atomic E-state index is 10.9. The molecule has 1 rings (SSSR count). The van der Waals surface area contributed by atoms with Crippen molar-refractivity contribution < 1.29 is 26.0 Å². The van der Waals surface area contributed by atoms with Gasteiger partial charge in [-0.2, -0.15) is 0 Å².